The molecule has 0 fully saturated rings. The van der Waals surface area contributed by atoms with Crippen LogP contribution in [-0.2, 0) is 6.42 Å². The third-order valence-corrected chi connectivity index (χ3v) is 4.32. The first-order chi connectivity index (χ1) is 12.6. The van der Waals surface area contributed by atoms with E-state index in [4.69, 9.17) is 4.74 Å². The van der Waals surface area contributed by atoms with Gasteiger partial charge in [0.25, 0.3) is 5.91 Å². The Morgan fingerprint density at radius 1 is 1.15 bits per heavy atom. The molecular weight excluding hydrogens is 328 g/mol. The molecule has 0 atom stereocenters. The van der Waals surface area contributed by atoms with Crippen molar-refractivity contribution in [3.8, 4) is 11.6 Å². The summed E-state index contributed by atoms with van der Waals surface area (Å²) in [7, 11) is 1.56. The number of hydrogen-bond donors (Lipinski definition) is 1. The number of nitrogens with zero attached hydrogens (tertiary/aromatic N) is 3. The van der Waals surface area contributed by atoms with Gasteiger partial charge in [0.05, 0.1) is 18.4 Å². The normalized spacial score (nSPS) is 10.6. The van der Waals surface area contributed by atoms with Crippen LogP contribution >= 0.6 is 0 Å². The molecule has 0 spiro atoms. The molecule has 134 valence electrons. The Hall–Kier alpha value is -3.15. The Morgan fingerprint density at radius 3 is 2.65 bits per heavy atom. The molecule has 3 rings (SSSR count). The molecule has 26 heavy (non-hydrogen) atoms. The van der Waals surface area contributed by atoms with E-state index in [9.17, 15) is 4.79 Å². The minimum atomic E-state index is -0.144. The van der Waals surface area contributed by atoms with Crippen molar-refractivity contribution in [1.29, 1.82) is 0 Å². The third-order valence-electron chi connectivity index (χ3n) is 4.32. The zero-order valence-electron chi connectivity index (χ0n) is 15.2. The minimum absolute atomic E-state index is 0.144. The van der Waals surface area contributed by atoms with Gasteiger partial charge < -0.3 is 10.1 Å². The standard InChI is InChI=1S/C20H22N4O2/c1-14-16(15(2)24(23-14)19-10-6-7-12-21-19)11-13-22-20(25)17-8-4-5-9-18(17)26-3/h4-10,12H,11,13H2,1-3H3,(H,22,25). The average Bonchev–Trinajstić information content (AvgIpc) is 2.96. The summed E-state index contributed by atoms with van der Waals surface area (Å²) >= 11 is 0. The van der Waals surface area contributed by atoms with Gasteiger partial charge >= 0.3 is 0 Å². The van der Waals surface area contributed by atoms with Gasteiger partial charge in [-0.15, -0.1) is 0 Å². The molecule has 0 bridgehead atoms. The molecule has 0 aliphatic carbocycles. The van der Waals surface area contributed by atoms with Crippen molar-refractivity contribution in [3.63, 3.8) is 0 Å². The number of hydrogen-bond acceptors (Lipinski definition) is 4. The highest BCUT2D eigenvalue weighted by Crippen LogP contribution is 2.18. The van der Waals surface area contributed by atoms with Crippen LogP contribution in [0.2, 0.25) is 0 Å². The SMILES string of the molecule is COc1ccccc1C(=O)NCCc1c(C)nn(-c2ccccn2)c1C. The second-order valence-electron chi connectivity index (χ2n) is 5.96. The van der Waals surface area contributed by atoms with E-state index < -0.39 is 0 Å². The van der Waals surface area contributed by atoms with E-state index >= 15 is 0 Å². The summed E-state index contributed by atoms with van der Waals surface area (Å²) in [6.45, 7) is 4.52. The maximum atomic E-state index is 12.4. The lowest BCUT2D eigenvalue weighted by molar-refractivity contribution is 0.0951. The lowest BCUT2D eigenvalue weighted by Crippen LogP contribution is -2.26. The summed E-state index contributed by atoms with van der Waals surface area (Å²) in [5.41, 5.74) is 3.64. The minimum Gasteiger partial charge on any atom is -0.496 e. The van der Waals surface area contributed by atoms with Crippen LogP contribution in [0.3, 0.4) is 0 Å². The highest BCUT2D eigenvalue weighted by molar-refractivity contribution is 5.96. The quantitative estimate of drug-likeness (QED) is 0.742. The Bertz CT molecular complexity index is 903. The van der Waals surface area contributed by atoms with Gasteiger partial charge in [0.1, 0.15) is 5.75 Å². The number of pyridine rings is 1. The molecule has 1 N–H and O–H groups in total. The number of aryl methyl sites for hydroxylation is 1. The first-order valence-electron chi connectivity index (χ1n) is 8.49. The monoisotopic (exact) mass is 350 g/mol. The van der Waals surface area contributed by atoms with E-state index in [0.717, 1.165) is 22.8 Å². The lowest BCUT2D eigenvalue weighted by Gasteiger charge is -2.09. The number of benzene rings is 1. The van der Waals surface area contributed by atoms with Crippen LogP contribution in [0.15, 0.2) is 48.7 Å². The fourth-order valence-electron chi connectivity index (χ4n) is 2.97. The molecule has 2 aromatic heterocycles. The van der Waals surface area contributed by atoms with Crippen molar-refractivity contribution in [2.75, 3.05) is 13.7 Å². The van der Waals surface area contributed by atoms with Crippen molar-refractivity contribution in [1.82, 2.24) is 20.1 Å². The fourth-order valence-corrected chi connectivity index (χ4v) is 2.97. The van der Waals surface area contributed by atoms with Gasteiger partial charge in [-0.3, -0.25) is 4.79 Å². The summed E-state index contributed by atoms with van der Waals surface area (Å²) in [6.07, 6.45) is 2.45. The molecule has 0 saturated heterocycles. The van der Waals surface area contributed by atoms with E-state index in [1.165, 1.54) is 0 Å². The van der Waals surface area contributed by atoms with Gasteiger partial charge in [0, 0.05) is 18.4 Å². The Balaban J connectivity index is 1.69. The smallest absolute Gasteiger partial charge is 0.255 e. The lowest BCUT2D eigenvalue weighted by atomic mass is 10.1. The molecule has 0 unspecified atom stereocenters. The van der Waals surface area contributed by atoms with Gasteiger partial charge in [-0.2, -0.15) is 5.10 Å². The van der Waals surface area contributed by atoms with Gasteiger partial charge in [-0.1, -0.05) is 18.2 Å². The summed E-state index contributed by atoms with van der Waals surface area (Å²) in [5, 5.41) is 7.54. The average molecular weight is 350 g/mol. The molecule has 2 heterocycles. The molecule has 6 nitrogen and oxygen atoms in total. The van der Waals surface area contributed by atoms with Crippen molar-refractivity contribution >= 4 is 5.91 Å². The molecule has 6 heteroatoms. The van der Waals surface area contributed by atoms with Gasteiger partial charge in [-0.05, 0) is 50.1 Å². The predicted octanol–water partition coefficient (Wildman–Crippen LogP) is 2.87. The molecule has 0 radical (unpaired) electrons. The van der Waals surface area contributed by atoms with Crippen LogP contribution < -0.4 is 10.1 Å². The molecule has 1 aromatic carbocycles. The van der Waals surface area contributed by atoms with Gasteiger partial charge in [0.15, 0.2) is 5.82 Å². The van der Waals surface area contributed by atoms with E-state index in [2.05, 4.69) is 15.4 Å². The van der Waals surface area contributed by atoms with Crippen LogP contribution in [0.5, 0.6) is 5.75 Å². The maximum Gasteiger partial charge on any atom is 0.255 e. The number of ether oxygens (including phenoxy) is 1. The molecule has 3 aromatic rings. The van der Waals surface area contributed by atoms with Crippen LogP contribution in [0.4, 0.5) is 0 Å². The summed E-state index contributed by atoms with van der Waals surface area (Å²) in [5.74, 6) is 1.22. The highest BCUT2D eigenvalue weighted by Gasteiger charge is 2.15. The van der Waals surface area contributed by atoms with E-state index in [0.29, 0.717) is 24.3 Å². The third kappa shape index (κ3) is 3.59. The second kappa shape index (κ2) is 7.82. The van der Waals surface area contributed by atoms with Crippen molar-refractivity contribution in [3.05, 3.63) is 71.2 Å². The van der Waals surface area contributed by atoms with E-state index in [1.807, 2.05) is 48.9 Å². The zero-order chi connectivity index (χ0) is 18.5. The summed E-state index contributed by atoms with van der Waals surface area (Å²) in [4.78, 5) is 16.7. The summed E-state index contributed by atoms with van der Waals surface area (Å²) in [6, 6.07) is 12.9. The van der Waals surface area contributed by atoms with Crippen molar-refractivity contribution < 1.29 is 9.53 Å². The molecule has 1 amide bonds. The number of para-hydroxylation sites is 1. The van der Waals surface area contributed by atoms with Crippen molar-refractivity contribution in [2.45, 2.75) is 20.3 Å². The maximum absolute atomic E-state index is 12.4. The Morgan fingerprint density at radius 2 is 1.92 bits per heavy atom. The second-order valence-corrected chi connectivity index (χ2v) is 5.96. The number of methoxy groups -OCH3 is 1. The first-order valence-corrected chi connectivity index (χ1v) is 8.49. The van der Waals surface area contributed by atoms with Crippen molar-refractivity contribution in [2.24, 2.45) is 0 Å². The molecule has 0 aliphatic rings. The number of nitrogens with one attached hydrogen (secondary N) is 1. The number of aromatic nitrogens is 3. The number of rotatable bonds is 6. The molecular formula is C20H22N4O2. The van der Waals surface area contributed by atoms with Gasteiger partial charge in [-0.25, -0.2) is 9.67 Å². The molecule has 0 aliphatic heterocycles. The van der Waals surface area contributed by atoms with Crippen LogP contribution in [0, 0.1) is 13.8 Å². The van der Waals surface area contributed by atoms with Crippen LogP contribution in [-0.4, -0.2) is 34.3 Å². The number of amides is 1. The topological polar surface area (TPSA) is 69.0 Å². The Labute approximate surface area is 152 Å². The predicted molar refractivity (Wildman–Crippen MR) is 99.9 cm³/mol. The Kier molecular flexibility index (Phi) is 5.31. The summed E-state index contributed by atoms with van der Waals surface area (Å²) < 4.78 is 7.08. The largest absolute Gasteiger partial charge is 0.496 e. The number of carbonyl (C=O) groups is 1. The number of carbonyl (C=O) groups excluding carboxylic acids is 1. The van der Waals surface area contributed by atoms with Crippen LogP contribution in [0.1, 0.15) is 27.3 Å². The highest BCUT2D eigenvalue weighted by atomic mass is 16.5. The van der Waals surface area contributed by atoms with E-state index in [1.54, 1.807) is 25.4 Å². The van der Waals surface area contributed by atoms with E-state index in [-0.39, 0.29) is 5.91 Å². The van der Waals surface area contributed by atoms with Gasteiger partial charge in [0.2, 0.25) is 0 Å². The zero-order valence-corrected chi connectivity index (χ0v) is 15.2. The molecule has 0 saturated carbocycles. The van der Waals surface area contributed by atoms with Crippen LogP contribution in [0.25, 0.3) is 5.82 Å². The first kappa shape index (κ1) is 17.7. The fraction of sp³-hybridized carbons (Fsp3) is 0.250.